The van der Waals surface area contributed by atoms with Crippen LogP contribution in [0.2, 0.25) is 5.02 Å². The minimum absolute atomic E-state index is 0.0201. The van der Waals surface area contributed by atoms with E-state index in [0.29, 0.717) is 22.9 Å². The summed E-state index contributed by atoms with van der Waals surface area (Å²) < 4.78 is 13.4. The fourth-order valence-corrected chi connectivity index (χ4v) is 1.88. The van der Waals surface area contributed by atoms with E-state index in [2.05, 4.69) is 5.43 Å². The van der Waals surface area contributed by atoms with E-state index in [9.17, 15) is 4.39 Å². The molecule has 90 valence electrons. The van der Waals surface area contributed by atoms with Gasteiger partial charge in [0.1, 0.15) is 5.82 Å². The highest BCUT2D eigenvalue weighted by molar-refractivity contribution is 6.30. The molecule has 0 saturated heterocycles. The number of hydrogen-bond donors (Lipinski definition) is 2. The summed E-state index contributed by atoms with van der Waals surface area (Å²) in [5.74, 6) is 5.73. The van der Waals surface area contributed by atoms with Crippen LogP contribution < -0.4 is 11.3 Å². The highest BCUT2D eigenvalue weighted by atomic mass is 35.5. The number of alkyl halides is 1. The highest BCUT2D eigenvalue weighted by Crippen LogP contribution is 2.17. The lowest BCUT2D eigenvalue weighted by Gasteiger charge is -2.15. The SMILES string of the molecule is NNC(CCCCl)Cc1cc(Cl)ccc1F. The van der Waals surface area contributed by atoms with Gasteiger partial charge in [0.05, 0.1) is 0 Å². The number of nitrogens with one attached hydrogen (secondary N) is 1. The van der Waals surface area contributed by atoms with E-state index >= 15 is 0 Å². The molecule has 0 aliphatic heterocycles. The molecule has 1 aromatic carbocycles. The molecule has 3 N–H and O–H groups in total. The maximum absolute atomic E-state index is 13.4. The summed E-state index contributed by atoms with van der Waals surface area (Å²) in [4.78, 5) is 0. The molecule has 2 nitrogen and oxygen atoms in total. The smallest absolute Gasteiger partial charge is 0.126 e. The second kappa shape index (κ2) is 7.07. The first-order chi connectivity index (χ1) is 7.67. The largest absolute Gasteiger partial charge is 0.271 e. The number of hydrazine groups is 1. The molecule has 5 heteroatoms. The van der Waals surface area contributed by atoms with Crippen LogP contribution in [-0.4, -0.2) is 11.9 Å². The van der Waals surface area contributed by atoms with Crippen LogP contribution in [0, 0.1) is 5.82 Å². The van der Waals surface area contributed by atoms with Crippen LogP contribution in [0.5, 0.6) is 0 Å². The van der Waals surface area contributed by atoms with Crippen molar-refractivity contribution in [2.75, 3.05) is 5.88 Å². The average Bonchev–Trinajstić information content (AvgIpc) is 2.28. The maximum Gasteiger partial charge on any atom is 0.126 e. The normalized spacial score (nSPS) is 12.8. The van der Waals surface area contributed by atoms with Gasteiger partial charge < -0.3 is 0 Å². The molecule has 0 amide bonds. The molecule has 16 heavy (non-hydrogen) atoms. The van der Waals surface area contributed by atoms with E-state index in [1.165, 1.54) is 12.1 Å². The molecule has 1 aromatic rings. The van der Waals surface area contributed by atoms with Crippen molar-refractivity contribution in [1.82, 2.24) is 5.43 Å². The number of halogens is 3. The lowest BCUT2D eigenvalue weighted by Crippen LogP contribution is -2.37. The van der Waals surface area contributed by atoms with Crippen LogP contribution in [0.25, 0.3) is 0 Å². The van der Waals surface area contributed by atoms with Gasteiger partial charge in [-0.3, -0.25) is 11.3 Å². The van der Waals surface area contributed by atoms with Crippen molar-refractivity contribution < 1.29 is 4.39 Å². The Morgan fingerprint density at radius 3 is 2.81 bits per heavy atom. The topological polar surface area (TPSA) is 38.0 Å². The number of nitrogens with two attached hydrogens (primary N) is 1. The molecule has 0 fully saturated rings. The first-order valence-electron chi connectivity index (χ1n) is 5.13. The monoisotopic (exact) mass is 264 g/mol. The van der Waals surface area contributed by atoms with Crippen molar-refractivity contribution in [3.63, 3.8) is 0 Å². The zero-order valence-electron chi connectivity index (χ0n) is 8.85. The Kier molecular flexibility index (Phi) is 6.06. The maximum atomic E-state index is 13.4. The zero-order chi connectivity index (χ0) is 12.0. The summed E-state index contributed by atoms with van der Waals surface area (Å²) in [7, 11) is 0. The minimum atomic E-state index is -0.254. The molecule has 0 bridgehead atoms. The first kappa shape index (κ1) is 13.7. The van der Waals surface area contributed by atoms with Gasteiger partial charge in [-0.05, 0) is 43.0 Å². The van der Waals surface area contributed by atoms with Gasteiger partial charge in [-0.1, -0.05) is 11.6 Å². The lowest BCUT2D eigenvalue weighted by atomic mass is 10.0. The van der Waals surface area contributed by atoms with E-state index < -0.39 is 0 Å². The minimum Gasteiger partial charge on any atom is -0.271 e. The van der Waals surface area contributed by atoms with E-state index in [1.54, 1.807) is 6.07 Å². The quantitative estimate of drug-likeness (QED) is 0.471. The summed E-state index contributed by atoms with van der Waals surface area (Å²) in [5.41, 5.74) is 3.24. The first-order valence-corrected chi connectivity index (χ1v) is 6.04. The molecule has 1 rings (SSSR count). The fraction of sp³-hybridized carbons (Fsp3) is 0.455. The van der Waals surface area contributed by atoms with E-state index in [-0.39, 0.29) is 11.9 Å². The van der Waals surface area contributed by atoms with Gasteiger partial charge in [0.15, 0.2) is 0 Å². The van der Waals surface area contributed by atoms with Gasteiger partial charge in [-0.25, -0.2) is 4.39 Å². The number of benzene rings is 1. The van der Waals surface area contributed by atoms with Gasteiger partial charge in [0, 0.05) is 16.9 Å². The average molecular weight is 265 g/mol. The summed E-state index contributed by atoms with van der Waals surface area (Å²) >= 11 is 11.4. The van der Waals surface area contributed by atoms with Crippen molar-refractivity contribution in [1.29, 1.82) is 0 Å². The molecule has 0 radical (unpaired) electrons. The summed E-state index contributed by atoms with van der Waals surface area (Å²) in [6, 6.07) is 4.55. The molecule has 0 aromatic heterocycles. The Morgan fingerprint density at radius 1 is 1.44 bits per heavy atom. The standard InChI is InChI=1S/C11H15Cl2FN2/c12-5-1-2-10(16-15)7-8-6-9(13)3-4-11(8)14/h3-4,6,10,16H,1-2,5,7,15H2. The Balaban J connectivity index is 2.65. The number of rotatable bonds is 6. The Hall–Kier alpha value is -0.350. The second-order valence-electron chi connectivity index (χ2n) is 3.63. The molecule has 1 unspecified atom stereocenters. The van der Waals surface area contributed by atoms with Crippen molar-refractivity contribution in [2.45, 2.75) is 25.3 Å². The van der Waals surface area contributed by atoms with Crippen LogP contribution in [-0.2, 0) is 6.42 Å². The third kappa shape index (κ3) is 4.26. The third-order valence-corrected chi connectivity index (χ3v) is 2.90. The van der Waals surface area contributed by atoms with Gasteiger partial charge in [0.2, 0.25) is 0 Å². The third-order valence-electron chi connectivity index (χ3n) is 2.40. The predicted octanol–water partition coefficient (Wildman–Crippen LogP) is 2.87. The summed E-state index contributed by atoms with van der Waals surface area (Å²) in [5, 5.41) is 0.532. The molecular formula is C11H15Cl2FN2. The second-order valence-corrected chi connectivity index (χ2v) is 4.45. The Labute approximate surface area is 105 Å². The molecule has 0 aliphatic carbocycles. The number of hydrogen-bond acceptors (Lipinski definition) is 2. The van der Waals surface area contributed by atoms with Crippen LogP contribution in [0.15, 0.2) is 18.2 Å². The Morgan fingerprint density at radius 2 is 2.19 bits per heavy atom. The van der Waals surface area contributed by atoms with Gasteiger partial charge in [-0.2, -0.15) is 0 Å². The van der Waals surface area contributed by atoms with Crippen molar-refractivity contribution in [2.24, 2.45) is 5.84 Å². The van der Waals surface area contributed by atoms with E-state index in [1.807, 2.05) is 0 Å². The Bertz CT molecular complexity index is 334. The molecule has 0 heterocycles. The van der Waals surface area contributed by atoms with Crippen LogP contribution in [0.1, 0.15) is 18.4 Å². The molecule has 0 saturated carbocycles. The van der Waals surface area contributed by atoms with Crippen LogP contribution in [0.4, 0.5) is 4.39 Å². The molecular weight excluding hydrogens is 250 g/mol. The van der Waals surface area contributed by atoms with Crippen molar-refractivity contribution in [3.05, 3.63) is 34.6 Å². The highest BCUT2D eigenvalue weighted by Gasteiger charge is 2.11. The van der Waals surface area contributed by atoms with Gasteiger partial charge in [-0.15, -0.1) is 11.6 Å². The molecule has 1 atom stereocenters. The predicted molar refractivity (Wildman–Crippen MR) is 66.2 cm³/mol. The van der Waals surface area contributed by atoms with Gasteiger partial charge in [0.25, 0.3) is 0 Å². The summed E-state index contributed by atoms with van der Waals surface area (Å²) in [6.07, 6.45) is 2.17. The van der Waals surface area contributed by atoms with E-state index in [4.69, 9.17) is 29.0 Å². The zero-order valence-corrected chi connectivity index (χ0v) is 10.4. The molecule has 0 spiro atoms. The summed E-state index contributed by atoms with van der Waals surface area (Å²) in [6.45, 7) is 0. The van der Waals surface area contributed by atoms with Crippen molar-refractivity contribution >= 4 is 23.2 Å². The van der Waals surface area contributed by atoms with Crippen molar-refractivity contribution in [3.8, 4) is 0 Å². The van der Waals surface area contributed by atoms with Gasteiger partial charge >= 0.3 is 0 Å². The fourth-order valence-electron chi connectivity index (χ4n) is 1.53. The van der Waals surface area contributed by atoms with Crippen LogP contribution >= 0.6 is 23.2 Å². The van der Waals surface area contributed by atoms with E-state index in [0.717, 1.165) is 12.8 Å². The molecule has 0 aliphatic rings. The lowest BCUT2D eigenvalue weighted by molar-refractivity contribution is 0.476. The van der Waals surface area contributed by atoms with Crippen LogP contribution in [0.3, 0.4) is 0 Å².